The number of hydrogen-bond donors (Lipinski definition) is 1. The summed E-state index contributed by atoms with van der Waals surface area (Å²) >= 11 is 0. The molecule has 0 saturated carbocycles. The first-order chi connectivity index (χ1) is 14.7. The normalized spacial score (nSPS) is 11.1. The van der Waals surface area contributed by atoms with Crippen molar-refractivity contribution in [1.29, 1.82) is 0 Å². The molecule has 0 fully saturated rings. The van der Waals surface area contributed by atoms with E-state index >= 15 is 0 Å². The van der Waals surface area contributed by atoms with Gasteiger partial charge in [-0.1, -0.05) is 35.5 Å². The molecule has 0 radical (unpaired) electrons. The van der Waals surface area contributed by atoms with Crippen molar-refractivity contribution >= 4 is 11.3 Å². The number of aromatic nitrogens is 5. The summed E-state index contributed by atoms with van der Waals surface area (Å²) in [5, 5.41) is 12.2. The molecule has 148 valence electrons. The van der Waals surface area contributed by atoms with E-state index in [1.165, 1.54) is 0 Å². The van der Waals surface area contributed by atoms with Crippen molar-refractivity contribution in [3.8, 4) is 22.5 Å². The molecule has 30 heavy (non-hydrogen) atoms. The third-order valence-electron chi connectivity index (χ3n) is 4.84. The van der Waals surface area contributed by atoms with E-state index < -0.39 is 0 Å². The lowest BCUT2D eigenvalue weighted by Crippen LogP contribution is -2.07. The molecule has 1 aromatic carbocycles. The summed E-state index contributed by atoms with van der Waals surface area (Å²) in [6.07, 6.45) is 5.55. The molecule has 5 aromatic rings. The standard InChI is InChI=1S/C23H20N6O/c1-15-10-18(13-24-12-15)22-26-23(25-14-19-11-16(2)30-28-19)21-20(8-9-29(21)27-22)17-6-4-3-5-7-17/h3-13H,14H2,1-2H3,(H,25,26,27). The highest BCUT2D eigenvalue weighted by molar-refractivity contribution is 5.89. The number of nitrogens with zero attached hydrogens (tertiary/aromatic N) is 5. The topological polar surface area (TPSA) is 81.1 Å². The number of fused-ring (bicyclic) bond motifs is 1. The van der Waals surface area contributed by atoms with Gasteiger partial charge in [-0.3, -0.25) is 4.98 Å². The zero-order valence-corrected chi connectivity index (χ0v) is 16.7. The molecule has 0 spiro atoms. The lowest BCUT2D eigenvalue weighted by Gasteiger charge is -2.11. The first kappa shape index (κ1) is 18.1. The molecular formula is C23H20N6O. The van der Waals surface area contributed by atoms with E-state index in [0.29, 0.717) is 12.4 Å². The average molecular weight is 396 g/mol. The molecule has 0 atom stereocenters. The van der Waals surface area contributed by atoms with Crippen molar-refractivity contribution in [1.82, 2.24) is 24.7 Å². The summed E-state index contributed by atoms with van der Waals surface area (Å²) in [6, 6.07) is 16.2. The molecule has 7 nitrogen and oxygen atoms in total. The maximum Gasteiger partial charge on any atom is 0.183 e. The molecule has 7 heteroatoms. The van der Waals surface area contributed by atoms with E-state index in [0.717, 1.165) is 45.0 Å². The van der Waals surface area contributed by atoms with Gasteiger partial charge in [0.25, 0.3) is 0 Å². The van der Waals surface area contributed by atoms with Gasteiger partial charge < -0.3 is 9.84 Å². The van der Waals surface area contributed by atoms with Gasteiger partial charge in [0.15, 0.2) is 11.6 Å². The second-order valence-electron chi connectivity index (χ2n) is 7.21. The molecule has 0 amide bonds. The van der Waals surface area contributed by atoms with Crippen LogP contribution in [0.2, 0.25) is 0 Å². The number of nitrogens with one attached hydrogen (secondary N) is 1. The summed E-state index contributed by atoms with van der Waals surface area (Å²) in [4.78, 5) is 9.14. The van der Waals surface area contributed by atoms with Crippen molar-refractivity contribution in [2.45, 2.75) is 20.4 Å². The summed E-state index contributed by atoms with van der Waals surface area (Å²) in [5.74, 6) is 2.11. The van der Waals surface area contributed by atoms with Crippen molar-refractivity contribution in [2.24, 2.45) is 0 Å². The van der Waals surface area contributed by atoms with Crippen molar-refractivity contribution in [2.75, 3.05) is 5.32 Å². The molecule has 0 bridgehead atoms. The maximum atomic E-state index is 5.19. The second-order valence-corrected chi connectivity index (χ2v) is 7.21. The average Bonchev–Trinajstić information content (AvgIpc) is 3.38. The SMILES string of the molecule is Cc1cncc(-c2nc(NCc3cc(C)on3)c3c(-c4ccccc4)ccn3n2)c1. The largest absolute Gasteiger partial charge is 0.362 e. The van der Waals surface area contributed by atoms with Crippen molar-refractivity contribution in [3.05, 3.63) is 84.1 Å². The third-order valence-corrected chi connectivity index (χ3v) is 4.84. The summed E-state index contributed by atoms with van der Waals surface area (Å²) in [7, 11) is 0. The molecule has 4 aromatic heterocycles. The van der Waals surface area contributed by atoms with Gasteiger partial charge in [-0.05, 0) is 37.1 Å². The molecule has 0 aliphatic carbocycles. The van der Waals surface area contributed by atoms with Crippen LogP contribution in [-0.2, 0) is 6.54 Å². The number of rotatable bonds is 5. The van der Waals surface area contributed by atoms with Crippen LogP contribution in [0.3, 0.4) is 0 Å². The number of anilines is 1. The summed E-state index contributed by atoms with van der Waals surface area (Å²) < 4.78 is 7.05. The van der Waals surface area contributed by atoms with Gasteiger partial charge in [0, 0.05) is 35.8 Å². The number of pyridine rings is 1. The second kappa shape index (κ2) is 7.44. The van der Waals surface area contributed by atoms with E-state index in [2.05, 4.69) is 33.7 Å². The molecule has 4 heterocycles. The molecule has 0 unspecified atom stereocenters. The fourth-order valence-electron chi connectivity index (χ4n) is 3.47. The van der Waals surface area contributed by atoms with E-state index in [4.69, 9.17) is 14.6 Å². The molecule has 1 N–H and O–H groups in total. The van der Waals surface area contributed by atoms with Crippen LogP contribution in [0.25, 0.3) is 28.0 Å². The Hall–Kier alpha value is -4.00. The van der Waals surface area contributed by atoms with Gasteiger partial charge in [-0.2, -0.15) is 0 Å². The lowest BCUT2D eigenvalue weighted by molar-refractivity contribution is 0.391. The van der Waals surface area contributed by atoms with E-state index in [1.54, 1.807) is 6.20 Å². The van der Waals surface area contributed by atoms with Crippen LogP contribution in [0, 0.1) is 13.8 Å². The Kier molecular flexibility index (Phi) is 4.48. The molecular weight excluding hydrogens is 376 g/mol. The number of aryl methyl sites for hydroxylation is 2. The predicted molar refractivity (Wildman–Crippen MR) is 115 cm³/mol. The van der Waals surface area contributed by atoms with Gasteiger partial charge in [-0.25, -0.2) is 9.50 Å². The van der Waals surface area contributed by atoms with Crippen molar-refractivity contribution < 1.29 is 4.52 Å². The highest BCUT2D eigenvalue weighted by Crippen LogP contribution is 2.31. The first-order valence-corrected chi connectivity index (χ1v) is 9.70. The third kappa shape index (κ3) is 3.41. The highest BCUT2D eigenvalue weighted by atomic mass is 16.5. The summed E-state index contributed by atoms with van der Waals surface area (Å²) in [6.45, 7) is 4.38. The van der Waals surface area contributed by atoms with Crippen LogP contribution < -0.4 is 5.32 Å². The van der Waals surface area contributed by atoms with Crippen LogP contribution in [0.1, 0.15) is 17.0 Å². The van der Waals surface area contributed by atoms with Gasteiger partial charge >= 0.3 is 0 Å². The number of hydrogen-bond acceptors (Lipinski definition) is 6. The quantitative estimate of drug-likeness (QED) is 0.465. The Morgan fingerprint density at radius 1 is 1.00 bits per heavy atom. The lowest BCUT2D eigenvalue weighted by atomic mass is 10.1. The Balaban J connectivity index is 1.64. The minimum Gasteiger partial charge on any atom is -0.362 e. The van der Waals surface area contributed by atoms with Crippen LogP contribution in [0.5, 0.6) is 0 Å². The monoisotopic (exact) mass is 396 g/mol. The maximum absolute atomic E-state index is 5.19. The molecule has 0 saturated heterocycles. The van der Waals surface area contributed by atoms with E-state index in [1.807, 2.05) is 61.1 Å². The highest BCUT2D eigenvalue weighted by Gasteiger charge is 2.16. The Morgan fingerprint density at radius 3 is 2.63 bits per heavy atom. The smallest absolute Gasteiger partial charge is 0.183 e. The fourth-order valence-corrected chi connectivity index (χ4v) is 3.47. The minimum absolute atomic E-state index is 0.495. The fraction of sp³-hybridized carbons (Fsp3) is 0.130. The van der Waals surface area contributed by atoms with Gasteiger partial charge in [0.1, 0.15) is 17.0 Å². The summed E-state index contributed by atoms with van der Waals surface area (Å²) in [5.41, 5.74) is 5.81. The number of benzene rings is 1. The Labute approximate surface area is 173 Å². The minimum atomic E-state index is 0.495. The van der Waals surface area contributed by atoms with Crippen LogP contribution >= 0.6 is 0 Å². The van der Waals surface area contributed by atoms with Crippen LogP contribution in [0.15, 0.2) is 71.6 Å². The van der Waals surface area contributed by atoms with Crippen LogP contribution in [-0.4, -0.2) is 24.7 Å². The first-order valence-electron chi connectivity index (χ1n) is 9.70. The molecule has 5 rings (SSSR count). The molecule has 0 aliphatic rings. The zero-order chi connectivity index (χ0) is 20.5. The van der Waals surface area contributed by atoms with Crippen LogP contribution in [0.4, 0.5) is 5.82 Å². The Bertz CT molecular complexity index is 1320. The van der Waals surface area contributed by atoms with E-state index in [-0.39, 0.29) is 0 Å². The van der Waals surface area contributed by atoms with Gasteiger partial charge in [-0.15, -0.1) is 5.10 Å². The molecule has 0 aliphatic heterocycles. The van der Waals surface area contributed by atoms with Gasteiger partial charge in [0.2, 0.25) is 0 Å². The zero-order valence-electron chi connectivity index (χ0n) is 16.7. The van der Waals surface area contributed by atoms with Gasteiger partial charge in [0.05, 0.1) is 6.54 Å². The van der Waals surface area contributed by atoms with Crippen molar-refractivity contribution in [3.63, 3.8) is 0 Å². The van der Waals surface area contributed by atoms with E-state index in [9.17, 15) is 0 Å². The predicted octanol–water partition coefficient (Wildman–Crippen LogP) is 4.68. The Morgan fingerprint density at radius 2 is 1.87 bits per heavy atom.